The molecular formula is C8H17BrO. The number of halogens is 1. The van der Waals surface area contributed by atoms with Gasteiger partial charge in [-0.15, -0.1) is 0 Å². The molecule has 1 rings (SSSR count). The Hall–Kier alpha value is 0.440. The van der Waals surface area contributed by atoms with Crippen molar-refractivity contribution >= 4 is 15.9 Å². The smallest absolute Gasteiger partial charge is 0.0319 e. The first-order valence-electron chi connectivity index (χ1n) is 3.88. The fourth-order valence-electron chi connectivity index (χ4n) is 1.22. The van der Waals surface area contributed by atoms with Gasteiger partial charge in [-0.05, 0) is 31.6 Å². The summed E-state index contributed by atoms with van der Waals surface area (Å²) in [6.07, 6.45) is 5.63. The maximum absolute atomic E-state index is 7.00. The van der Waals surface area contributed by atoms with E-state index in [4.69, 9.17) is 5.11 Å². The number of alkyl halides is 1. The highest BCUT2D eigenvalue weighted by Gasteiger charge is 2.14. The Kier molecular flexibility index (Phi) is 6.44. The van der Waals surface area contributed by atoms with E-state index in [1.54, 1.807) is 0 Å². The van der Waals surface area contributed by atoms with Gasteiger partial charge in [0.25, 0.3) is 0 Å². The normalized spacial score (nSPS) is 32.4. The summed E-state index contributed by atoms with van der Waals surface area (Å²) >= 11 is 3.62. The Balaban J connectivity index is 0.000000371. The van der Waals surface area contributed by atoms with Crippen LogP contribution in [0.25, 0.3) is 0 Å². The maximum atomic E-state index is 7.00. The minimum Gasteiger partial charge on any atom is -0.400 e. The second-order valence-electron chi connectivity index (χ2n) is 2.86. The molecule has 0 aromatic carbocycles. The minimum atomic E-state index is 0.832. The fraction of sp³-hybridized carbons (Fsp3) is 1.00. The molecule has 1 nitrogen and oxygen atoms in total. The lowest BCUT2D eigenvalue weighted by atomic mass is 9.91. The molecule has 0 spiro atoms. The summed E-state index contributed by atoms with van der Waals surface area (Å²) in [5.74, 6) is 0.990. The second kappa shape index (κ2) is 6.17. The van der Waals surface area contributed by atoms with Crippen LogP contribution in [0.1, 0.15) is 32.6 Å². The summed E-state index contributed by atoms with van der Waals surface area (Å²) in [6.45, 7) is 2.35. The molecule has 0 amide bonds. The van der Waals surface area contributed by atoms with Crippen molar-refractivity contribution in [3.8, 4) is 0 Å². The highest BCUT2D eigenvalue weighted by Crippen LogP contribution is 2.27. The maximum Gasteiger partial charge on any atom is 0.0319 e. The van der Waals surface area contributed by atoms with Crippen molar-refractivity contribution in [3.05, 3.63) is 0 Å². The first kappa shape index (κ1) is 10.4. The molecule has 1 saturated carbocycles. The number of hydrogen-bond acceptors (Lipinski definition) is 1. The Bertz CT molecular complexity index is 57.7. The second-order valence-corrected chi connectivity index (χ2v) is 4.15. The van der Waals surface area contributed by atoms with Crippen molar-refractivity contribution in [2.24, 2.45) is 5.92 Å². The SMILES string of the molecule is CO.C[C@H]1CC[C@H](Br)CC1. The molecule has 10 heavy (non-hydrogen) atoms. The van der Waals surface area contributed by atoms with E-state index >= 15 is 0 Å². The Morgan fingerprint density at radius 2 is 1.50 bits per heavy atom. The summed E-state index contributed by atoms with van der Waals surface area (Å²) < 4.78 is 0. The Labute approximate surface area is 72.0 Å². The van der Waals surface area contributed by atoms with Gasteiger partial charge in [0.1, 0.15) is 0 Å². The monoisotopic (exact) mass is 208 g/mol. The van der Waals surface area contributed by atoms with Crippen LogP contribution in [0.5, 0.6) is 0 Å². The molecular weight excluding hydrogens is 192 g/mol. The number of aliphatic hydroxyl groups excluding tert-OH is 1. The first-order valence-corrected chi connectivity index (χ1v) is 4.79. The summed E-state index contributed by atoms with van der Waals surface area (Å²) in [7, 11) is 1.00. The van der Waals surface area contributed by atoms with Crippen molar-refractivity contribution in [1.29, 1.82) is 0 Å². The van der Waals surface area contributed by atoms with Crippen molar-refractivity contribution in [2.75, 3.05) is 7.11 Å². The lowest BCUT2D eigenvalue weighted by Gasteiger charge is -2.21. The van der Waals surface area contributed by atoms with E-state index in [2.05, 4.69) is 22.9 Å². The van der Waals surface area contributed by atoms with Crippen LogP contribution in [0.3, 0.4) is 0 Å². The third-order valence-corrected chi connectivity index (χ3v) is 2.86. The molecule has 0 aromatic heterocycles. The third-order valence-electron chi connectivity index (χ3n) is 1.95. The lowest BCUT2D eigenvalue weighted by Crippen LogP contribution is -2.10. The molecule has 62 valence electrons. The highest BCUT2D eigenvalue weighted by atomic mass is 79.9. The summed E-state index contributed by atoms with van der Waals surface area (Å²) in [6, 6.07) is 0. The molecule has 0 aliphatic heterocycles. The molecule has 0 aromatic rings. The van der Waals surface area contributed by atoms with Gasteiger partial charge >= 0.3 is 0 Å². The van der Waals surface area contributed by atoms with Crippen LogP contribution < -0.4 is 0 Å². The molecule has 0 heterocycles. The Morgan fingerprint density at radius 3 is 1.80 bits per heavy atom. The van der Waals surface area contributed by atoms with Gasteiger partial charge < -0.3 is 5.11 Å². The van der Waals surface area contributed by atoms with Crippen molar-refractivity contribution in [1.82, 2.24) is 0 Å². The van der Waals surface area contributed by atoms with Crippen LogP contribution in [0.2, 0.25) is 0 Å². The van der Waals surface area contributed by atoms with Crippen LogP contribution in [0.15, 0.2) is 0 Å². The molecule has 1 N–H and O–H groups in total. The van der Waals surface area contributed by atoms with Crippen LogP contribution in [-0.4, -0.2) is 17.0 Å². The summed E-state index contributed by atoms with van der Waals surface area (Å²) in [5.41, 5.74) is 0. The predicted octanol–water partition coefficient (Wildman–Crippen LogP) is 2.57. The molecule has 1 aliphatic rings. The fourth-order valence-corrected chi connectivity index (χ4v) is 1.75. The van der Waals surface area contributed by atoms with Gasteiger partial charge in [-0.25, -0.2) is 0 Å². The van der Waals surface area contributed by atoms with Gasteiger partial charge in [0.05, 0.1) is 0 Å². The minimum absolute atomic E-state index is 0.832. The van der Waals surface area contributed by atoms with E-state index in [1.807, 2.05) is 0 Å². The molecule has 0 saturated heterocycles. The third kappa shape index (κ3) is 4.29. The number of rotatable bonds is 0. The number of hydrogen-bond donors (Lipinski definition) is 1. The first-order chi connectivity index (χ1) is 4.79. The zero-order valence-corrected chi connectivity index (χ0v) is 8.39. The standard InChI is InChI=1S/C7H13Br.CH4O/c1-6-2-4-7(8)5-3-6;1-2/h6-7H,2-5H2,1H3;2H,1H3/t6-,7-;. The van der Waals surface area contributed by atoms with Gasteiger partial charge in [-0.3, -0.25) is 0 Å². The highest BCUT2D eigenvalue weighted by molar-refractivity contribution is 9.09. The van der Waals surface area contributed by atoms with E-state index in [9.17, 15) is 0 Å². The van der Waals surface area contributed by atoms with Crippen LogP contribution in [0, 0.1) is 5.92 Å². The van der Waals surface area contributed by atoms with Crippen LogP contribution in [0.4, 0.5) is 0 Å². The van der Waals surface area contributed by atoms with Crippen LogP contribution >= 0.6 is 15.9 Å². The molecule has 0 unspecified atom stereocenters. The van der Waals surface area contributed by atoms with E-state index in [0.717, 1.165) is 17.9 Å². The molecule has 0 radical (unpaired) electrons. The van der Waals surface area contributed by atoms with Crippen molar-refractivity contribution < 1.29 is 5.11 Å². The molecule has 1 fully saturated rings. The van der Waals surface area contributed by atoms with Gasteiger partial charge in [-0.2, -0.15) is 0 Å². The van der Waals surface area contributed by atoms with Crippen LogP contribution in [-0.2, 0) is 0 Å². The lowest BCUT2D eigenvalue weighted by molar-refractivity contribution is 0.396. The zero-order chi connectivity index (χ0) is 7.98. The summed E-state index contributed by atoms with van der Waals surface area (Å²) in [4.78, 5) is 0.832. The van der Waals surface area contributed by atoms with Gasteiger partial charge in [0.2, 0.25) is 0 Å². The number of aliphatic hydroxyl groups is 1. The molecule has 0 atom stereocenters. The zero-order valence-electron chi connectivity index (χ0n) is 6.81. The molecule has 2 heteroatoms. The average molecular weight is 209 g/mol. The van der Waals surface area contributed by atoms with E-state index in [-0.39, 0.29) is 0 Å². The predicted molar refractivity (Wildman–Crippen MR) is 48.5 cm³/mol. The topological polar surface area (TPSA) is 20.2 Å². The van der Waals surface area contributed by atoms with E-state index in [1.165, 1.54) is 25.7 Å². The average Bonchev–Trinajstić information content (AvgIpc) is 2.00. The van der Waals surface area contributed by atoms with Crippen molar-refractivity contribution in [3.63, 3.8) is 0 Å². The van der Waals surface area contributed by atoms with E-state index in [0.29, 0.717) is 0 Å². The van der Waals surface area contributed by atoms with Gasteiger partial charge in [0.15, 0.2) is 0 Å². The van der Waals surface area contributed by atoms with Gasteiger partial charge in [-0.1, -0.05) is 22.9 Å². The quantitative estimate of drug-likeness (QED) is 0.608. The largest absolute Gasteiger partial charge is 0.400 e. The molecule has 1 aliphatic carbocycles. The van der Waals surface area contributed by atoms with Crippen molar-refractivity contribution in [2.45, 2.75) is 37.4 Å². The van der Waals surface area contributed by atoms with Gasteiger partial charge in [0, 0.05) is 11.9 Å². The Morgan fingerprint density at radius 1 is 1.10 bits per heavy atom. The summed E-state index contributed by atoms with van der Waals surface area (Å²) in [5, 5.41) is 7.00. The van der Waals surface area contributed by atoms with E-state index < -0.39 is 0 Å². The molecule has 0 bridgehead atoms.